The first-order chi connectivity index (χ1) is 9.65. The number of rotatable bonds is 3. The summed E-state index contributed by atoms with van der Waals surface area (Å²) in [6.07, 6.45) is 1.61. The van der Waals surface area contributed by atoms with Crippen molar-refractivity contribution in [2.45, 2.75) is 13.0 Å². The number of thioether (sulfide) groups is 1. The molecule has 20 heavy (non-hydrogen) atoms. The van der Waals surface area contributed by atoms with Crippen LogP contribution in [-0.2, 0) is 9.53 Å². The number of esters is 1. The summed E-state index contributed by atoms with van der Waals surface area (Å²) in [6, 6.07) is 2.88. The van der Waals surface area contributed by atoms with Gasteiger partial charge in [-0.1, -0.05) is 0 Å². The van der Waals surface area contributed by atoms with E-state index < -0.39 is 6.04 Å². The fourth-order valence-electron chi connectivity index (χ4n) is 1.98. The summed E-state index contributed by atoms with van der Waals surface area (Å²) < 4.78 is 5.55. The third-order valence-corrected chi connectivity index (χ3v) is 4.59. The molecule has 2 heterocycles. The Morgan fingerprint density at radius 1 is 1.60 bits per heavy atom. The van der Waals surface area contributed by atoms with E-state index in [2.05, 4.69) is 20.9 Å². The predicted octanol–water partition coefficient (Wildman–Crippen LogP) is 1.96. The molecule has 1 atom stereocenters. The quantitative estimate of drug-likeness (QED) is 0.610. The first-order valence-electron chi connectivity index (χ1n) is 6.31. The lowest BCUT2D eigenvalue weighted by Crippen LogP contribution is -2.51. The normalized spacial score (nSPS) is 18.7. The summed E-state index contributed by atoms with van der Waals surface area (Å²) in [7, 11) is 0. The molecule has 1 aliphatic heterocycles. The molecule has 1 aromatic heterocycles. The molecule has 1 fully saturated rings. The van der Waals surface area contributed by atoms with E-state index in [1.54, 1.807) is 41.9 Å². The second-order valence-electron chi connectivity index (χ2n) is 4.18. The SMILES string of the molecule is CCOC(=O)C1CSCCN1C(=O)c1cccnc1Br. The molecule has 1 amide bonds. The number of halogens is 1. The van der Waals surface area contributed by atoms with E-state index in [0.717, 1.165) is 5.75 Å². The topological polar surface area (TPSA) is 59.5 Å². The van der Waals surface area contributed by atoms with Crippen molar-refractivity contribution in [2.75, 3.05) is 24.7 Å². The third kappa shape index (κ3) is 3.32. The van der Waals surface area contributed by atoms with Gasteiger partial charge in [-0.05, 0) is 35.0 Å². The lowest BCUT2D eigenvalue weighted by molar-refractivity contribution is -0.147. The zero-order chi connectivity index (χ0) is 14.5. The van der Waals surface area contributed by atoms with Crippen molar-refractivity contribution in [3.8, 4) is 0 Å². The molecule has 5 nitrogen and oxygen atoms in total. The van der Waals surface area contributed by atoms with Gasteiger partial charge in [-0.3, -0.25) is 4.79 Å². The summed E-state index contributed by atoms with van der Waals surface area (Å²) in [5, 5.41) is 0. The van der Waals surface area contributed by atoms with Crippen LogP contribution in [0.25, 0.3) is 0 Å². The van der Waals surface area contributed by atoms with Gasteiger partial charge in [-0.2, -0.15) is 11.8 Å². The second kappa shape index (κ2) is 7.08. The Balaban J connectivity index is 2.22. The van der Waals surface area contributed by atoms with E-state index >= 15 is 0 Å². The number of hydrogen-bond donors (Lipinski definition) is 0. The molecule has 1 aliphatic rings. The van der Waals surface area contributed by atoms with Gasteiger partial charge in [0.05, 0.1) is 12.2 Å². The monoisotopic (exact) mass is 358 g/mol. The molecule has 0 radical (unpaired) electrons. The van der Waals surface area contributed by atoms with Gasteiger partial charge < -0.3 is 9.64 Å². The number of carbonyl (C=O) groups is 2. The Hall–Kier alpha value is -1.08. The minimum Gasteiger partial charge on any atom is -0.464 e. The fourth-order valence-corrected chi connectivity index (χ4v) is 3.43. The lowest BCUT2D eigenvalue weighted by Gasteiger charge is -2.33. The van der Waals surface area contributed by atoms with E-state index in [0.29, 0.717) is 29.1 Å². The van der Waals surface area contributed by atoms with Crippen LogP contribution in [0, 0.1) is 0 Å². The maximum Gasteiger partial charge on any atom is 0.329 e. The van der Waals surface area contributed by atoms with Crippen molar-refractivity contribution >= 4 is 39.6 Å². The maximum atomic E-state index is 12.6. The lowest BCUT2D eigenvalue weighted by atomic mass is 10.2. The average Bonchev–Trinajstić information content (AvgIpc) is 2.47. The zero-order valence-electron chi connectivity index (χ0n) is 11.0. The number of carbonyl (C=O) groups excluding carboxylic acids is 2. The molecular weight excluding hydrogens is 344 g/mol. The van der Waals surface area contributed by atoms with Crippen LogP contribution in [0.5, 0.6) is 0 Å². The van der Waals surface area contributed by atoms with E-state index in [1.807, 2.05) is 0 Å². The summed E-state index contributed by atoms with van der Waals surface area (Å²) >= 11 is 4.93. The van der Waals surface area contributed by atoms with Gasteiger partial charge >= 0.3 is 5.97 Å². The number of pyridine rings is 1. The summed E-state index contributed by atoms with van der Waals surface area (Å²) in [6.45, 7) is 2.62. The number of aromatic nitrogens is 1. The highest BCUT2D eigenvalue weighted by Gasteiger charge is 2.34. The number of amides is 1. The minimum absolute atomic E-state index is 0.191. The molecule has 0 aromatic carbocycles. The molecule has 2 rings (SSSR count). The summed E-state index contributed by atoms with van der Waals surface area (Å²) in [5.41, 5.74) is 0.466. The summed E-state index contributed by atoms with van der Waals surface area (Å²) in [5.74, 6) is 0.860. The number of nitrogens with zero attached hydrogens (tertiary/aromatic N) is 2. The van der Waals surface area contributed by atoms with Gasteiger partial charge in [0.15, 0.2) is 0 Å². The molecule has 0 N–H and O–H groups in total. The van der Waals surface area contributed by atoms with Gasteiger partial charge in [0, 0.05) is 24.2 Å². The second-order valence-corrected chi connectivity index (χ2v) is 6.08. The van der Waals surface area contributed by atoms with Crippen molar-refractivity contribution in [3.63, 3.8) is 0 Å². The van der Waals surface area contributed by atoms with Gasteiger partial charge in [0.2, 0.25) is 0 Å². The zero-order valence-corrected chi connectivity index (χ0v) is 13.4. The van der Waals surface area contributed by atoms with Crippen LogP contribution >= 0.6 is 27.7 Å². The highest BCUT2D eigenvalue weighted by Crippen LogP contribution is 2.22. The van der Waals surface area contributed by atoms with Crippen molar-refractivity contribution in [1.29, 1.82) is 0 Å². The van der Waals surface area contributed by atoms with Crippen molar-refractivity contribution in [1.82, 2.24) is 9.88 Å². The van der Waals surface area contributed by atoms with E-state index in [1.165, 1.54) is 0 Å². The molecule has 0 bridgehead atoms. The van der Waals surface area contributed by atoms with Gasteiger partial charge in [-0.25, -0.2) is 9.78 Å². The van der Waals surface area contributed by atoms with Crippen molar-refractivity contribution in [2.24, 2.45) is 0 Å². The Kier molecular flexibility index (Phi) is 5.42. The van der Waals surface area contributed by atoms with Crippen LogP contribution in [0.1, 0.15) is 17.3 Å². The van der Waals surface area contributed by atoms with Crippen molar-refractivity contribution < 1.29 is 14.3 Å². The molecule has 1 unspecified atom stereocenters. The van der Waals surface area contributed by atoms with Crippen LogP contribution in [-0.4, -0.2) is 52.5 Å². The molecule has 0 saturated carbocycles. The molecule has 108 valence electrons. The predicted molar refractivity (Wildman–Crippen MR) is 80.7 cm³/mol. The first kappa shape index (κ1) is 15.3. The minimum atomic E-state index is -0.520. The highest BCUT2D eigenvalue weighted by molar-refractivity contribution is 9.10. The largest absolute Gasteiger partial charge is 0.464 e. The third-order valence-electron chi connectivity index (χ3n) is 2.94. The standard InChI is InChI=1S/C13H15BrN2O3S/c1-2-19-13(18)10-8-20-7-6-16(10)12(17)9-4-3-5-15-11(9)14/h3-5,10H,2,6-8H2,1H3. The molecular formula is C13H15BrN2O3S. The molecule has 1 aromatic rings. The molecule has 1 saturated heterocycles. The van der Waals surface area contributed by atoms with E-state index in [-0.39, 0.29) is 11.9 Å². The Morgan fingerprint density at radius 2 is 2.40 bits per heavy atom. The van der Waals surface area contributed by atoms with Crippen LogP contribution in [0.2, 0.25) is 0 Å². The highest BCUT2D eigenvalue weighted by atomic mass is 79.9. The van der Waals surface area contributed by atoms with Crippen LogP contribution < -0.4 is 0 Å². The maximum absolute atomic E-state index is 12.6. The van der Waals surface area contributed by atoms with Crippen LogP contribution in [0.15, 0.2) is 22.9 Å². The Bertz CT molecular complexity index is 512. The fraction of sp³-hybridized carbons (Fsp3) is 0.462. The first-order valence-corrected chi connectivity index (χ1v) is 8.25. The van der Waals surface area contributed by atoms with Gasteiger partial charge in [-0.15, -0.1) is 0 Å². The van der Waals surface area contributed by atoms with Crippen LogP contribution in [0.3, 0.4) is 0 Å². The smallest absolute Gasteiger partial charge is 0.329 e. The van der Waals surface area contributed by atoms with E-state index in [4.69, 9.17) is 4.74 Å². The molecule has 0 spiro atoms. The Morgan fingerprint density at radius 3 is 3.10 bits per heavy atom. The Labute approximate surface area is 130 Å². The van der Waals surface area contributed by atoms with E-state index in [9.17, 15) is 9.59 Å². The number of hydrogen-bond acceptors (Lipinski definition) is 5. The van der Waals surface area contributed by atoms with Crippen LogP contribution in [0.4, 0.5) is 0 Å². The molecule has 0 aliphatic carbocycles. The summed E-state index contributed by atoms with van der Waals surface area (Å²) in [4.78, 5) is 30.2. The van der Waals surface area contributed by atoms with Crippen molar-refractivity contribution in [3.05, 3.63) is 28.5 Å². The van der Waals surface area contributed by atoms with Gasteiger partial charge in [0.1, 0.15) is 10.6 Å². The number of ether oxygens (including phenoxy) is 1. The molecule has 7 heteroatoms. The van der Waals surface area contributed by atoms with Gasteiger partial charge in [0.25, 0.3) is 5.91 Å². The average molecular weight is 359 g/mol.